The first-order chi connectivity index (χ1) is 17.5. The largest absolute Gasteiger partial charge is 0.492 e. The number of fused-ring (bicyclic) bond motifs is 1. The lowest BCUT2D eigenvalue weighted by molar-refractivity contribution is -0.170. The number of allylic oxidation sites excluding steroid dienone is 4. The number of rotatable bonds is 9. The van der Waals surface area contributed by atoms with Crippen LogP contribution in [0.3, 0.4) is 0 Å². The molecule has 2 aromatic heterocycles. The van der Waals surface area contributed by atoms with E-state index in [1.807, 2.05) is 37.1 Å². The van der Waals surface area contributed by atoms with Crippen LogP contribution >= 0.6 is 11.6 Å². The van der Waals surface area contributed by atoms with Gasteiger partial charge < -0.3 is 19.4 Å². The Morgan fingerprint density at radius 3 is 2.76 bits per heavy atom. The van der Waals surface area contributed by atoms with Crippen LogP contribution in [-0.4, -0.2) is 58.2 Å². The quantitative estimate of drug-likeness (QED) is 0.477. The number of nitrogens with zero attached hydrogens (tertiary/aromatic N) is 3. The van der Waals surface area contributed by atoms with Gasteiger partial charge in [0.15, 0.2) is 0 Å². The number of aromatic nitrogens is 2. The van der Waals surface area contributed by atoms with Gasteiger partial charge in [-0.1, -0.05) is 23.8 Å². The molecule has 1 amide bonds. The van der Waals surface area contributed by atoms with Crippen LogP contribution in [0.2, 0.25) is 0 Å². The lowest BCUT2D eigenvalue weighted by Crippen LogP contribution is -2.37. The molecule has 37 heavy (non-hydrogen) atoms. The highest BCUT2D eigenvalue weighted by atomic mass is 35.5. The number of hydrogen-bond acceptors (Lipinski definition) is 4. The molecule has 1 N–H and O–H groups in total. The molecule has 202 valence electrons. The summed E-state index contributed by atoms with van der Waals surface area (Å²) in [5.74, 6) is -1.20. The molecule has 2 atom stereocenters. The first-order valence-corrected chi connectivity index (χ1v) is 12.9. The second-order valence-electron chi connectivity index (χ2n) is 9.96. The number of alkyl halides is 3. The molecular weight excluding hydrogens is 509 g/mol. The molecule has 1 aliphatic heterocycles. The Labute approximate surface area is 218 Å². The molecule has 1 aliphatic carbocycles. The number of halogens is 4. The number of nitrogens with one attached hydrogen (secondary N) is 1. The lowest BCUT2D eigenvalue weighted by Gasteiger charge is -2.21. The maximum Gasteiger partial charge on any atom is 0.393 e. The third kappa shape index (κ3) is 6.78. The van der Waals surface area contributed by atoms with Crippen LogP contribution in [0.1, 0.15) is 44.7 Å². The fourth-order valence-corrected chi connectivity index (χ4v) is 5.12. The summed E-state index contributed by atoms with van der Waals surface area (Å²) in [4.78, 5) is 27.8. The van der Waals surface area contributed by atoms with Gasteiger partial charge >= 0.3 is 6.18 Å². The zero-order valence-corrected chi connectivity index (χ0v) is 21.7. The van der Waals surface area contributed by atoms with Gasteiger partial charge in [-0.05, 0) is 45.7 Å². The van der Waals surface area contributed by atoms with Crippen LogP contribution in [0.15, 0.2) is 46.5 Å². The summed E-state index contributed by atoms with van der Waals surface area (Å²) in [6.45, 7) is 4.88. The van der Waals surface area contributed by atoms with E-state index in [9.17, 15) is 22.8 Å². The van der Waals surface area contributed by atoms with Gasteiger partial charge in [-0.3, -0.25) is 14.2 Å². The molecule has 3 heterocycles. The molecule has 0 bridgehead atoms. The Morgan fingerprint density at radius 2 is 2.08 bits per heavy atom. The lowest BCUT2D eigenvalue weighted by atomic mass is 9.97. The van der Waals surface area contributed by atoms with Crippen molar-refractivity contribution in [2.24, 2.45) is 5.92 Å². The minimum Gasteiger partial charge on any atom is -0.492 e. The summed E-state index contributed by atoms with van der Waals surface area (Å²) in [6, 6.07) is 1.57. The molecule has 2 aliphatic rings. The van der Waals surface area contributed by atoms with E-state index in [4.69, 9.17) is 16.3 Å². The second-order valence-corrected chi connectivity index (χ2v) is 10.4. The average molecular weight is 541 g/mol. The van der Waals surface area contributed by atoms with Crippen LogP contribution < -0.4 is 15.6 Å². The van der Waals surface area contributed by atoms with Gasteiger partial charge in [0.05, 0.1) is 18.7 Å². The van der Waals surface area contributed by atoms with E-state index in [0.717, 1.165) is 0 Å². The van der Waals surface area contributed by atoms with Gasteiger partial charge in [0.1, 0.15) is 17.8 Å². The van der Waals surface area contributed by atoms with Crippen LogP contribution in [0, 0.1) is 5.92 Å². The monoisotopic (exact) mass is 540 g/mol. The van der Waals surface area contributed by atoms with Crippen LogP contribution in [-0.2, 0) is 11.3 Å². The summed E-state index contributed by atoms with van der Waals surface area (Å²) in [7, 11) is 0. The molecule has 0 radical (unpaired) electrons. The number of hydrogen-bond donors (Lipinski definition) is 1. The fraction of sp³-hybridized carbons (Fsp3) is 0.538. The molecule has 2 aromatic rings. The van der Waals surface area contributed by atoms with Gasteiger partial charge in [0.2, 0.25) is 5.91 Å². The third-order valence-corrected chi connectivity index (χ3v) is 6.90. The van der Waals surface area contributed by atoms with Crippen molar-refractivity contribution >= 4 is 23.0 Å². The summed E-state index contributed by atoms with van der Waals surface area (Å²) in [5.41, 5.74) is 0.708. The van der Waals surface area contributed by atoms with Gasteiger partial charge in [-0.25, -0.2) is 0 Å². The van der Waals surface area contributed by atoms with E-state index in [-0.39, 0.29) is 42.9 Å². The smallest absolute Gasteiger partial charge is 0.393 e. The van der Waals surface area contributed by atoms with Gasteiger partial charge in [-0.15, -0.1) is 0 Å². The molecular formula is C26H32ClF3N4O3. The van der Waals surface area contributed by atoms with Crippen LogP contribution in [0.4, 0.5) is 13.2 Å². The molecule has 0 spiro atoms. The fourth-order valence-electron chi connectivity index (χ4n) is 4.88. The Bertz CT molecular complexity index is 1250. The van der Waals surface area contributed by atoms with Crippen molar-refractivity contribution in [3.05, 3.63) is 57.8 Å². The molecule has 7 nitrogen and oxygen atoms in total. The van der Waals surface area contributed by atoms with Crippen molar-refractivity contribution in [1.29, 1.82) is 0 Å². The van der Waals surface area contributed by atoms with Crippen molar-refractivity contribution < 1.29 is 22.7 Å². The van der Waals surface area contributed by atoms with E-state index in [0.29, 0.717) is 54.5 Å². The normalized spacial score (nSPS) is 20.6. The van der Waals surface area contributed by atoms with E-state index in [1.54, 1.807) is 22.7 Å². The van der Waals surface area contributed by atoms with E-state index < -0.39 is 12.1 Å². The highest BCUT2D eigenvalue weighted by molar-refractivity contribution is 6.31. The summed E-state index contributed by atoms with van der Waals surface area (Å²) in [6.07, 6.45) is 6.32. The molecule has 4 rings (SSSR count). The number of likely N-dealkylation sites (tertiary alicyclic amines) is 1. The van der Waals surface area contributed by atoms with Gasteiger partial charge in [0.25, 0.3) is 5.56 Å². The van der Waals surface area contributed by atoms with Crippen molar-refractivity contribution in [1.82, 2.24) is 19.2 Å². The first kappa shape index (κ1) is 27.3. The topological polar surface area (TPSA) is 68.0 Å². The number of ether oxygens (including phenoxy) is 1. The van der Waals surface area contributed by atoms with E-state index in [2.05, 4.69) is 5.32 Å². The minimum atomic E-state index is -4.14. The average Bonchev–Trinajstić information content (AvgIpc) is 3.45. The Kier molecular flexibility index (Phi) is 8.38. The van der Waals surface area contributed by atoms with Crippen LogP contribution in [0.5, 0.6) is 5.75 Å². The third-order valence-electron chi connectivity index (χ3n) is 6.65. The van der Waals surface area contributed by atoms with E-state index >= 15 is 0 Å². The molecule has 1 unspecified atom stereocenters. The number of carbonyl (C=O) groups excluding carboxylic acids is 1. The highest BCUT2D eigenvalue weighted by Crippen LogP contribution is 2.33. The van der Waals surface area contributed by atoms with Crippen molar-refractivity contribution in [3.63, 3.8) is 0 Å². The van der Waals surface area contributed by atoms with Crippen molar-refractivity contribution in [3.8, 4) is 5.75 Å². The second kappa shape index (κ2) is 11.3. The Hall–Kier alpha value is -2.72. The number of carbonyl (C=O) groups is 1. The molecule has 0 saturated carbocycles. The summed E-state index contributed by atoms with van der Waals surface area (Å²) < 4.78 is 47.7. The first-order valence-electron chi connectivity index (χ1n) is 12.5. The predicted octanol–water partition coefficient (Wildman–Crippen LogP) is 4.44. The van der Waals surface area contributed by atoms with Crippen LogP contribution in [0.25, 0.3) is 5.52 Å². The summed E-state index contributed by atoms with van der Waals surface area (Å²) in [5, 5.41) is 3.39. The maximum absolute atomic E-state index is 13.5. The highest BCUT2D eigenvalue weighted by Gasteiger charge is 2.43. The predicted molar refractivity (Wildman–Crippen MR) is 136 cm³/mol. The molecule has 1 fully saturated rings. The Morgan fingerprint density at radius 1 is 1.30 bits per heavy atom. The Balaban J connectivity index is 1.48. The zero-order valence-electron chi connectivity index (χ0n) is 20.9. The van der Waals surface area contributed by atoms with Gasteiger partial charge in [0, 0.05) is 48.0 Å². The molecule has 1 saturated heterocycles. The van der Waals surface area contributed by atoms with Crippen molar-refractivity contribution in [2.75, 3.05) is 26.2 Å². The zero-order chi connectivity index (χ0) is 26.7. The SMILES string of the molecule is CC(C)NC(=O)Cn1c(C2C=C(Cl)C=CC2)cn2cc(OCCCN3CC[C@H](C(F)(F)F)C3)cc2c1=O. The summed E-state index contributed by atoms with van der Waals surface area (Å²) >= 11 is 6.22. The number of amides is 1. The minimum absolute atomic E-state index is 0.0289. The standard InChI is InChI=1S/C26H32ClF3N4O3/c1-17(2)31-24(35)16-34-23(18-5-3-6-20(27)11-18)15-33-14-21(12-22(33)25(34)36)37-10-4-8-32-9-7-19(13-32)26(28,29)30/h3,6,11-12,14-15,17-19H,4-5,7-10,13,16H2,1-2H3,(H,31,35)/t18?,19-/m0/s1. The maximum atomic E-state index is 13.5. The van der Waals surface area contributed by atoms with Gasteiger partial charge in [-0.2, -0.15) is 13.2 Å². The van der Waals surface area contributed by atoms with E-state index in [1.165, 1.54) is 4.57 Å². The van der Waals surface area contributed by atoms with Crippen molar-refractivity contribution in [2.45, 2.75) is 57.8 Å². The molecule has 0 aromatic carbocycles. The molecule has 11 heteroatoms.